The number of halogens is 2. The van der Waals surface area contributed by atoms with Gasteiger partial charge in [0.1, 0.15) is 23.5 Å². The topological polar surface area (TPSA) is 41.6 Å². The minimum Gasteiger partial charge on any atom is -0.489 e. The van der Waals surface area contributed by atoms with Crippen molar-refractivity contribution < 1.29 is 13.9 Å². The zero-order valence-corrected chi connectivity index (χ0v) is 17.6. The van der Waals surface area contributed by atoms with Crippen LogP contribution in [0, 0.1) is 5.82 Å². The van der Waals surface area contributed by atoms with Crippen molar-refractivity contribution in [2.75, 3.05) is 17.6 Å². The molecule has 7 heteroatoms. The van der Waals surface area contributed by atoms with Gasteiger partial charge in [-0.25, -0.2) is 9.18 Å². The largest absolute Gasteiger partial charge is 0.489 e. The standard InChI is InChI=1S/C23H20ClFN2O2S/c24-20-14-18(8-11-21(20)25)26-23(28)27-12-13-30-22(27)17-6-9-19(10-7-17)29-15-16-4-2-1-3-5-16/h1-11,14,22H,12-13,15H2,(H,26,28). The molecule has 4 nitrogen and oxygen atoms in total. The molecule has 0 saturated carbocycles. The van der Waals surface area contributed by atoms with Crippen LogP contribution < -0.4 is 10.1 Å². The van der Waals surface area contributed by atoms with E-state index < -0.39 is 5.82 Å². The van der Waals surface area contributed by atoms with Crippen molar-refractivity contribution in [2.24, 2.45) is 0 Å². The number of benzene rings is 3. The fourth-order valence-electron chi connectivity index (χ4n) is 3.19. The van der Waals surface area contributed by atoms with E-state index in [4.69, 9.17) is 16.3 Å². The molecule has 1 aliphatic heterocycles. The Kier molecular flexibility index (Phi) is 6.45. The number of ether oxygens (including phenoxy) is 1. The highest BCUT2D eigenvalue weighted by Crippen LogP contribution is 2.38. The third kappa shape index (κ3) is 4.89. The van der Waals surface area contributed by atoms with E-state index in [0.29, 0.717) is 18.8 Å². The molecule has 3 aromatic rings. The maximum absolute atomic E-state index is 13.3. The van der Waals surface area contributed by atoms with Crippen LogP contribution in [0.3, 0.4) is 0 Å². The summed E-state index contributed by atoms with van der Waals surface area (Å²) in [6, 6.07) is 21.7. The van der Waals surface area contributed by atoms with E-state index >= 15 is 0 Å². The summed E-state index contributed by atoms with van der Waals surface area (Å²) in [7, 11) is 0. The van der Waals surface area contributed by atoms with Crippen LogP contribution in [0.4, 0.5) is 14.9 Å². The number of hydrogen-bond donors (Lipinski definition) is 1. The maximum Gasteiger partial charge on any atom is 0.323 e. The highest BCUT2D eigenvalue weighted by atomic mass is 35.5. The summed E-state index contributed by atoms with van der Waals surface area (Å²) < 4.78 is 19.2. The third-order valence-electron chi connectivity index (χ3n) is 4.74. The fourth-order valence-corrected chi connectivity index (χ4v) is 4.63. The van der Waals surface area contributed by atoms with Crippen molar-refractivity contribution in [3.05, 3.63) is 94.8 Å². The fraction of sp³-hybridized carbons (Fsp3) is 0.174. The van der Waals surface area contributed by atoms with Gasteiger partial charge in [0.15, 0.2) is 0 Å². The first kappa shape index (κ1) is 20.6. The molecule has 1 heterocycles. The monoisotopic (exact) mass is 442 g/mol. The molecule has 1 N–H and O–H groups in total. The first-order chi connectivity index (χ1) is 14.6. The van der Waals surface area contributed by atoms with Crippen molar-refractivity contribution >= 4 is 35.1 Å². The van der Waals surface area contributed by atoms with Crippen molar-refractivity contribution in [3.63, 3.8) is 0 Å². The van der Waals surface area contributed by atoms with Crippen LogP contribution in [0.15, 0.2) is 72.8 Å². The second-order valence-corrected chi connectivity index (χ2v) is 8.41. The Morgan fingerprint density at radius 3 is 2.63 bits per heavy atom. The molecule has 1 aliphatic rings. The average molecular weight is 443 g/mol. The summed E-state index contributed by atoms with van der Waals surface area (Å²) in [6.45, 7) is 1.13. The Hall–Kier alpha value is -2.70. The number of carbonyl (C=O) groups is 1. The van der Waals surface area contributed by atoms with E-state index in [1.54, 1.807) is 16.7 Å². The highest BCUT2D eigenvalue weighted by Gasteiger charge is 2.30. The number of carbonyl (C=O) groups excluding carboxylic acids is 1. The minimum absolute atomic E-state index is 0.0220. The Labute approximate surface area is 184 Å². The number of anilines is 1. The van der Waals surface area contributed by atoms with Gasteiger partial charge < -0.3 is 15.0 Å². The number of urea groups is 1. The van der Waals surface area contributed by atoms with E-state index in [-0.39, 0.29) is 16.4 Å². The Morgan fingerprint density at radius 2 is 1.90 bits per heavy atom. The quantitative estimate of drug-likeness (QED) is 0.501. The molecule has 0 spiro atoms. The molecule has 154 valence electrons. The van der Waals surface area contributed by atoms with Gasteiger partial charge >= 0.3 is 6.03 Å². The summed E-state index contributed by atoms with van der Waals surface area (Å²) in [5.74, 6) is 1.11. The molecule has 0 aliphatic carbocycles. The van der Waals surface area contributed by atoms with Crippen molar-refractivity contribution in [2.45, 2.75) is 12.0 Å². The molecule has 1 fully saturated rings. The smallest absolute Gasteiger partial charge is 0.323 e. The molecular weight excluding hydrogens is 423 g/mol. The Balaban J connectivity index is 1.40. The second-order valence-electron chi connectivity index (χ2n) is 6.82. The van der Waals surface area contributed by atoms with Gasteiger partial charge in [0.05, 0.1) is 5.02 Å². The number of nitrogens with zero attached hydrogens (tertiary/aromatic N) is 1. The molecule has 3 aromatic carbocycles. The van der Waals surface area contributed by atoms with E-state index in [1.165, 1.54) is 18.2 Å². The first-order valence-electron chi connectivity index (χ1n) is 9.51. The lowest BCUT2D eigenvalue weighted by Crippen LogP contribution is -2.34. The molecule has 0 bridgehead atoms. The SMILES string of the molecule is O=C(Nc1ccc(F)c(Cl)c1)N1CCSC1c1ccc(OCc2ccccc2)cc1. The molecule has 1 saturated heterocycles. The maximum atomic E-state index is 13.3. The van der Waals surface area contributed by atoms with E-state index in [9.17, 15) is 9.18 Å². The third-order valence-corrected chi connectivity index (χ3v) is 6.29. The summed E-state index contributed by atoms with van der Waals surface area (Å²) in [5, 5.41) is 2.68. The van der Waals surface area contributed by atoms with Crippen molar-refractivity contribution in [1.82, 2.24) is 4.90 Å². The van der Waals surface area contributed by atoms with Crippen LogP contribution >= 0.6 is 23.4 Å². The zero-order chi connectivity index (χ0) is 20.9. The average Bonchev–Trinajstić information content (AvgIpc) is 3.26. The van der Waals surface area contributed by atoms with Gasteiger partial charge in [0.2, 0.25) is 0 Å². The molecule has 0 aromatic heterocycles. The van der Waals surface area contributed by atoms with Gasteiger partial charge in [0, 0.05) is 18.0 Å². The summed E-state index contributed by atoms with van der Waals surface area (Å²) >= 11 is 7.51. The lowest BCUT2D eigenvalue weighted by Gasteiger charge is -2.24. The van der Waals surface area contributed by atoms with Gasteiger partial charge in [-0.05, 0) is 41.5 Å². The summed E-state index contributed by atoms with van der Waals surface area (Å²) in [6.07, 6.45) is 0. The lowest BCUT2D eigenvalue weighted by molar-refractivity contribution is 0.214. The lowest BCUT2D eigenvalue weighted by atomic mass is 10.2. The number of hydrogen-bond acceptors (Lipinski definition) is 3. The predicted molar refractivity (Wildman–Crippen MR) is 120 cm³/mol. The van der Waals surface area contributed by atoms with Crippen LogP contribution in [0.25, 0.3) is 0 Å². The zero-order valence-electron chi connectivity index (χ0n) is 16.1. The van der Waals surface area contributed by atoms with Gasteiger partial charge in [-0.2, -0.15) is 0 Å². The molecule has 1 unspecified atom stereocenters. The van der Waals surface area contributed by atoms with E-state index in [0.717, 1.165) is 22.6 Å². The Bertz CT molecular complexity index is 1020. The highest BCUT2D eigenvalue weighted by molar-refractivity contribution is 7.99. The van der Waals surface area contributed by atoms with Gasteiger partial charge in [-0.3, -0.25) is 0 Å². The normalized spacial score (nSPS) is 15.8. The molecule has 1 atom stereocenters. The predicted octanol–water partition coefficient (Wildman–Crippen LogP) is 6.34. The number of rotatable bonds is 5. The van der Waals surface area contributed by atoms with Gasteiger partial charge in [-0.15, -0.1) is 11.8 Å². The summed E-state index contributed by atoms with van der Waals surface area (Å²) in [5.41, 5.74) is 2.60. The van der Waals surface area contributed by atoms with E-state index in [1.807, 2.05) is 54.6 Å². The van der Waals surface area contributed by atoms with Gasteiger partial charge in [0.25, 0.3) is 0 Å². The van der Waals surface area contributed by atoms with Crippen molar-refractivity contribution in [1.29, 1.82) is 0 Å². The van der Waals surface area contributed by atoms with Crippen molar-refractivity contribution in [3.8, 4) is 5.75 Å². The number of thioether (sulfide) groups is 1. The van der Waals surface area contributed by atoms with Crippen LogP contribution in [0.5, 0.6) is 5.75 Å². The number of nitrogens with one attached hydrogen (secondary N) is 1. The molecule has 30 heavy (non-hydrogen) atoms. The van der Waals surface area contributed by atoms with Crippen LogP contribution in [-0.4, -0.2) is 23.2 Å². The molecular formula is C23H20ClFN2O2S. The summed E-state index contributed by atoms with van der Waals surface area (Å²) in [4.78, 5) is 14.5. The van der Waals surface area contributed by atoms with Crippen LogP contribution in [-0.2, 0) is 6.61 Å². The first-order valence-corrected chi connectivity index (χ1v) is 10.9. The second kappa shape index (κ2) is 9.41. The van der Waals surface area contributed by atoms with Crippen LogP contribution in [0.2, 0.25) is 5.02 Å². The molecule has 4 rings (SSSR count). The van der Waals surface area contributed by atoms with E-state index in [2.05, 4.69) is 5.32 Å². The Morgan fingerprint density at radius 1 is 1.13 bits per heavy atom. The van der Waals surface area contributed by atoms with Crippen LogP contribution in [0.1, 0.15) is 16.5 Å². The molecule has 0 radical (unpaired) electrons. The minimum atomic E-state index is -0.515. The molecule has 2 amide bonds. The number of amides is 2. The van der Waals surface area contributed by atoms with Gasteiger partial charge in [-0.1, -0.05) is 54.1 Å².